The lowest BCUT2D eigenvalue weighted by atomic mass is 9.69. The van der Waals surface area contributed by atoms with Gasteiger partial charge >= 0.3 is 0 Å². The summed E-state index contributed by atoms with van der Waals surface area (Å²) >= 11 is 0. The summed E-state index contributed by atoms with van der Waals surface area (Å²) in [6, 6.07) is 0. The molecule has 0 aromatic rings. The molecule has 1 aliphatic rings. The third kappa shape index (κ3) is 3.15. The monoisotopic (exact) mass is 184 g/mol. The number of hydrogen-bond acceptors (Lipinski definition) is 1. The predicted octanol–water partition coefficient (Wildman–Crippen LogP) is 3.39. The van der Waals surface area contributed by atoms with Crippen LogP contribution < -0.4 is 0 Å². The van der Waals surface area contributed by atoms with E-state index in [1.165, 1.54) is 5.57 Å². The molecule has 0 amide bonds. The third-order valence-corrected chi connectivity index (χ3v) is 3.05. The van der Waals surface area contributed by atoms with Gasteiger partial charge in [0.25, 0.3) is 0 Å². The van der Waals surface area contributed by atoms with Gasteiger partial charge in [-0.25, -0.2) is 0 Å². The summed E-state index contributed by atoms with van der Waals surface area (Å²) in [5.74, 6) is 0.603. The minimum atomic E-state index is -0.221. The van der Waals surface area contributed by atoms with E-state index >= 15 is 0 Å². The van der Waals surface area contributed by atoms with Crippen molar-refractivity contribution in [2.24, 2.45) is 11.3 Å². The van der Waals surface area contributed by atoms with Crippen LogP contribution in [0.2, 0.25) is 0 Å². The molecule has 0 heterocycles. The molecule has 13 heavy (non-hydrogen) atoms. The minimum absolute atomic E-state index is 0.221. The first-order valence-electron chi connectivity index (χ1n) is 5.30. The molecule has 0 aliphatic heterocycles. The smallest absolute Gasteiger partial charge is 0.0728 e. The topological polar surface area (TPSA) is 20.2 Å². The molecule has 0 saturated heterocycles. The normalized spacial score (nSPS) is 31.5. The summed E-state index contributed by atoms with van der Waals surface area (Å²) in [5, 5.41) is 9.46. The lowest BCUT2D eigenvalue weighted by molar-refractivity contribution is 0.108. The largest absolute Gasteiger partial charge is 0.389 e. The molecular formula is C12H24O. The second-order valence-corrected chi connectivity index (χ2v) is 4.39. The van der Waals surface area contributed by atoms with Gasteiger partial charge < -0.3 is 5.11 Å². The van der Waals surface area contributed by atoms with E-state index in [0.717, 1.165) is 6.42 Å². The van der Waals surface area contributed by atoms with Crippen molar-refractivity contribution in [1.29, 1.82) is 0 Å². The van der Waals surface area contributed by atoms with Crippen LogP contribution in [0.15, 0.2) is 11.6 Å². The lowest BCUT2D eigenvalue weighted by Gasteiger charge is -2.38. The predicted molar refractivity (Wildman–Crippen MR) is 58.7 cm³/mol. The molecule has 0 bridgehead atoms. The zero-order chi connectivity index (χ0) is 10.6. The molecule has 1 nitrogen and oxygen atoms in total. The second-order valence-electron chi connectivity index (χ2n) is 4.39. The minimum Gasteiger partial charge on any atom is -0.389 e. The molecule has 1 aliphatic carbocycles. The number of hydrogen-bond donors (Lipinski definition) is 1. The number of aliphatic hydroxyl groups excluding tert-OH is 1. The fourth-order valence-corrected chi connectivity index (χ4v) is 1.84. The van der Waals surface area contributed by atoms with E-state index in [4.69, 9.17) is 0 Å². The third-order valence-electron chi connectivity index (χ3n) is 3.05. The van der Waals surface area contributed by atoms with Crippen molar-refractivity contribution in [2.75, 3.05) is 0 Å². The Labute approximate surface area is 82.9 Å². The Bertz CT molecular complexity index is 180. The van der Waals surface area contributed by atoms with E-state index in [0.29, 0.717) is 5.92 Å². The number of allylic oxidation sites excluding steroid dienone is 1. The highest BCUT2D eigenvalue weighted by Gasteiger charge is 2.32. The highest BCUT2D eigenvalue weighted by atomic mass is 16.3. The van der Waals surface area contributed by atoms with E-state index in [-0.39, 0.29) is 11.5 Å². The summed E-state index contributed by atoms with van der Waals surface area (Å²) in [7, 11) is 0. The molecule has 0 spiro atoms. The SMILES string of the molecule is CC.CC1=CC(O)CC(C)(C)C1C. The van der Waals surface area contributed by atoms with Crippen molar-refractivity contribution in [2.45, 2.75) is 54.1 Å². The molecule has 1 rings (SSSR count). The summed E-state index contributed by atoms with van der Waals surface area (Å²) < 4.78 is 0. The van der Waals surface area contributed by atoms with E-state index in [9.17, 15) is 5.11 Å². The van der Waals surface area contributed by atoms with Gasteiger partial charge in [-0.3, -0.25) is 0 Å². The fraction of sp³-hybridized carbons (Fsp3) is 0.833. The maximum absolute atomic E-state index is 9.46. The molecule has 1 N–H and O–H groups in total. The first-order chi connectivity index (χ1) is 5.93. The average molecular weight is 184 g/mol. The molecular weight excluding hydrogens is 160 g/mol. The first kappa shape index (κ1) is 12.7. The molecule has 2 atom stereocenters. The first-order valence-corrected chi connectivity index (χ1v) is 5.30. The standard InChI is InChI=1S/C10H18O.C2H6/c1-7-5-9(11)6-10(3,4)8(7)2;1-2/h5,8-9,11H,6H2,1-4H3;1-2H3. The Morgan fingerprint density at radius 1 is 1.38 bits per heavy atom. The van der Waals surface area contributed by atoms with Crippen molar-refractivity contribution < 1.29 is 5.11 Å². The zero-order valence-corrected chi connectivity index (χ0v) is 9.89. The van der Waals surface area contributed by atoms with Gasteiger partial charge in [0.2, 0.25) is 0 Å². The van der Waals surface area contributed by atoms with Crippen LogP contribution in [0.3, 0.4) is 0 Å². The van der Waals surface area contributed by atoms with Crippen molar-refractivity contribution in [3.8, 4) is 0 Å². The molecule has 2 unspecified atom stereocenters. The Kier molecular flexibility index (Phi) is 4.69. The van der Waals surface area contributed by atoms with Crippen LogP contribution in [0.5, 0.6) is 0 Å². The summed E-state index contributed by atoms with van der Waals surface area (Å²) in [6.07, 6.45) is 2.66. The van der Waals surface area contributed by atoms with Gasteiger partial charge in [0.1, 0.15) is 0 Å². The highest BCUT2D eigenvalue weighted by molar-refractivity contribution is 5.13. The summed E-state index contributed by atoms with van der Waals surface area (Å²) in [5.41, 5.74) is 1.59. The van der Waals surface area contributed by atoms with Crippen LogP contribution in [-0.4, -0.2) is 11.2 Å². The molecule has 0 radical (unpaired) electrons. The van der Waals surface area contributed by atoms with Crippen LogP contribution in [-0.2, 0) is 0 Å². The lowest BCUT2D eigenvalue weighted by Crippen LogP contribution is -2.31. The van der Waals surface area contributed by atoms with Crippen molar-refractivity contribution >= 4 is 0 Å². The molecule has 0 fully saturated rings. The van der Waals surface area contributed by atoms with Gasteiger partial charge in [-0.05, 0) is 24.7 Å². The van der Waals surface area contributed by atoms with Gasteiger partial charge in [-0.15, -0.1) is 0 Å². The Morgan fingerprint density at radius 3 is 2.23 bits per heavy atom. The molecule has 0 aromatic carbocycles. The maximum Gasteiger partial charge on any atom is 0.0728 e. The highest BCUT2D eigenvalue weighted by Crippen LogP contribution is 2.40. The zero-order valence-electron chi connectivity index (χ0n) is 9.89. The number of rotatable bonds is 0. The summed E-state index contributed by atoms with van der Waals surface area (Å²) in [4.78, 5) is 0. The average Bonchev–Trinajstić information content (AvgIpc) is 2.03. The van der Waals surface area contributed by atoms with Crippen LogP contribution in [0, 0.1) is 11.3 Å². The Morgan fingerprint density at radius 2 is 1.85 bits per heavy atom. The van der Waals surface area contributed by atoms with E-state index in [2.05, 4.69) is 27.7 Å². The maximum atomic E-state index is 9.46. The molecule has 0 aromatic heterocycles. The Balaban J connectivity index is 0.000000671. The molecule has 1 heteroatoms. The van der Waals surface area contributed by atoms with Crippen LogP contribution in [0.4, 0.5) is 0 Å². The van der Waals surface area contributed by atoms with E-state index in [1.54, 1.807) is 0 Å². The van der Waals surface area contributed by atoms with Gasteiger partial charge in [-0.2, -0.15) is 0 Å². The van der Waals surface area contributed by atoms with Crippen molar-refractivity contribution in [3.05, 3.63) is 11.6 Å². The molecule has 0 saturated carbocycles. The van der Waals surface area contributed by atoms with Gasteiger partial charge in [0.15, 0.2) is 0 Å². The quantitative estimate of drug-likeness (QED) is 0.572. The van der Waals surface area contributed by atoms with Crippen molar-refractivity contribution in [1.82, 2.24) is 0 Å². The molecule has 78 valence electrons. The Hall–Kier alpha value is -0.300. The van der Waals surface area contributed by atoms with Gasteiger partial charge in [0, 0.05) is 0 Å². The van der Waals surface area contributed by atoms with Crippen LogP contribution in [0.25, 0.3) is 0 Å². The van der Waals surface area contributed by atoms with Crippen LogP contribution >= 0.6 is 0 Å². The van der Waals surface area contributed by atoms with E-state index < -0.39 is 0 Å². The van der Waals surface area contributed by atoms with Gasteiger partial charge in [-0.1, -0.05) is 46.3 Å². The number of aliphatic hydroxyl groups is 1. The van der Waals surface area contributed by atoms with Gasteiger partial charge in [0.05, 0.1) is 6.10 Å². The van der Waals surface area contributed by atoms with E-state index in [1.807, 2.05) is 19.9 Å². The fourth-order valence-electron chi connectivity index (χ4n) is 1.84. The van der Waals surface area contributed by atoms with Crippen LogP contribution in [0.1, 0.15) is 48.0 Å². The second kappa shape index (κ2) is 4.80. The summed E-state index contributed by atoms with van der Waals surface area (Å²) in [6.45, 7) is 12.8. The van der Waals surface area contributed by atoms with Crippen molar-refractivity contribution in [3.63, 3.8) is 0 Å².